The van der Waals surface area contributed by atoms with Gasteiger partial charge in [0.15, 0.2) is 0 Å². The number of carbonyl (C=O) groups is 1. The van der Waals surface area contributed by atoms with Crippen LogP contribution >= 0.6 is 11.6 Å². The molecule has 0 saturated carbocycles. The standard InChI is InChI=1S/C10H9ClO2/c11-9-5-8(3-1-2-4-12)6-10(13)7-9/h1,3-7,13H,2H2. The van der Waals surface area contributed by atoms with Crippen molar-refractivity contribution in [2.45, 2.75) is 6.42 Å². The SMILES string of the molecule is O=CCC=Cc1cc(O)cc(Cl)c1. The van der Waals surface area contributed by atoms with Crippen molar-refractivity contribution in [3.63, 3.8) is 0 Å². The molecule has 1 rings (SSSR count). The van der Waals surface area contributed by atoms with Crippen molar-refractivity contribution in [2.24, 2.45) is 0 Å². The number of carbonyl (C=O) groups excluding carboxylic acids is 1. The molecule has 0 spiro atoms. The molecule has 0 radical (unpaired) electrons. The highest BCUT2D eigenvalue weighted by molar-refractivity contribution is 6.30. The van der Waals surface area contributed by atoms with Gasteiger partial charge >= 0.3 is 0 Å². The number of allylic oxidation sites excluding steroid dienone is 1. The predicted octanol–water partition coefficient (Wildman–Crippen LogP) is 2.65. The molecule has 1 N–H and O–H groups in total. The topological polar surface area (TPSA) is 37.3 Å². The molecule has 1 aromatic rings. The molecule has 0 aromatic heterocycles. The quantitative estimate of drug-likeness (QED) is 0.755. The van der Waals surface area contributed by atoms with Crippen molar-refractivity contribution in [1.82, 2.24) is 0 Å². The first-order valence-electron chi connectivity index (χ1n) is 3.82. The Labute approximate surface area is 81.5 Å². The molecule has 0 amide bonds. The van der Waals surface area contributed by atoms with E-state index < -0.39 is 0 Å². The third kappa shape index (κ3) is 3.30. The first kappa shape index (κ1) is 9.81. The van der Waals surface area contributed by atoms with E-state index >= 15 is 0 Å². The number of aldehydes is 1. The molecule has 0 heterocycles. The van der Waals surface area contributed by atoms with Gasteiger partial charge in [0.05, 0.1) is 0 Å². The normalized spacial score (nSPS) is 10.5. The van der Waals surface area contributed by atoms with E-state index in [0.717, 1.165) is 11.8 Å². The van der Waals surface area contributed by atoms with Gasteiger partial charge in [-0.05, 0) is 23.8 Å². The summed E-state index contributed by atoms with van der Waals surface area (Å²) in [5, 5.41) is 9.64. The average molecular weight is 197 g/mol. The number of phenols is 1. The van der Waals surface area contributed by atoms with Crippen molar-refractivity contribution in [3.8, 4) is 5.75 Å². The van der Waals surface area contributed by atoms with Gasteiger partial charge in [0.25, 0.3) is 0 Å². The maximum Gasteiger partial charge on any atom is 0.123 e. The Hall–Kier alpha value is -1.28. The fourth-order valence-corrected chi connectivity index (χ4v) is 1.19. The van der Waals surface area contributed by atoms with Gasteiger partial charge in [0.2, 0.25) is 0 Å². The van der Waals surface area contributed by atoms with Gasteiger partial charge in [-0.15, -0.1) is 0 Å². The third-order valence-electron chi connectivity index (χ3n) is 1.45. The smallest absolute Gasteiger partial charge is 0.123 e. The zero-order chi connectivity index (χ0) is 9.68. The van der Waals surface area contributed by atoms with Crippen LogP contribution in [0.25, 0.3) is 6.08 Å². The minimum Gasteiger partial charge on any atom is -0.508 e. The van der Waals surface area contributed by atoms with Gasteiger partial charge < -0.3 is 9.90 Å². The van der Waals surface area contributed by atoms with Gasteiger partial charge in [0, 0.05) is 11.4 Å². The second-order valence-corrected chi connectivity index (χ2v) is 2.98. The molecule has 3 heteroatoms. The Balaban J connectivity index is 2.82. The number of benzene rings is 1. The number of aromatic hydroxyl groups is 1. The average Bonchev–Trinajstić information content (AvgIpc) is 2.03. The van der Waals surface area contributed by atoms with E-state index in [4.69, 9.17) is 16.7 Å². The summed E-state index contributed by atoms with van der Waals surface area (Å²) in [7, 11) is 0. The van der Waals surface area contributed by atoms with Gasteiger partial charge in [-0.25, -0.2) is 0 Å². The number of rotatable bonds is 3. The molecule has 1 aromatic carbocycles. The lowest BCUT2D eigenvalue weighted by Crippen LogP contribution is -1.73. The van der Waals surface area contributed by atoms with Gasteiger partial charge in [0.1, 0.15) is 12.0 Å². The van der Waals surface area contributed by atoms with Crippen molar-refractivity contribution in [2.75, 3.05) is 0 Å². The summed E-state index contributed by atoms with van der Waals surface area (Å²) < 4.78 is 0. The highest BCUT2D eigenvalue weighted by atomic mass is 35.5. The lowest BCUT2D eigenvalue weighted by Gasteiger charge is -1.96. The second kappa shape index (κ2) is 4.67. The van der Waals surface area contributed by atoms with Crippen molar-refractivity contribution in [1.29, 1.82) is 0 Å². The zero-order valence-electron chi connectivity index (χ0n) is 6.90. The van der Waals surface area contributed by atoms with E-state index in [1.54, 1.807) is 24.3 Å². The fourth-order valence-electron chi connectivity index (χ4n) is 0.952. The van der Waals surface area contributed by atoms with Crippen LogP contribution in [0.1, 0.15) is 12.0 Å². The number of halogens is 1. The Bertz CT molecular complexity index is 311. The van der Waals surface area contributed by atoms with E-state index in [2.05, 4.69) is 0 Å². The Morgan fingerprint density at radius 3 is 2.77 bits per heavy atom. The minimum absolute atomic E-state index is 0.123. The monoisotopic (exact) mass is 196 g/mol. The first-order valence-corrected chi connectivity index (χ1v) is 4.20. The molecule has 0 unspecified atom stereocenters. The van der Waals surface area contributed by atoms with Gasteiger partial charge in [-0.3, -0.25) is 0 Å². The van der Waals surface area contributed by atoms with Crippen LogP contribution < -0.4 is 0 Å². The number of phenolic OH excluding ortho intramolecular Hbond substituents is 1. The molecule has 13 heavy (non-hydrogen) atoms. The van der Waals surface area contributed by atoms with Crippen LogP contribution in [0.3, 0.4) is 0 Å². The van der Waals surface area contributed by atoms with Gasteiger partial charge in [-0.2, -0.15) is 0 Å². The van der Waals surface area contributed by atoms with Crippen LogP contribution in [0, 0.1) is 0 Å². The third-order valence-corrected chi connectivity index (χ3v) is 1.67. The molecule has 2 nitrogen and oxygen atoms in total. The predicted molar refractivity (Wildman–Crippen MR) is 52.8 cm³/mol. The van der Waals surface area contributed by atoms with Crippen LogP contribution in [0.2, 0.25) is 5.02 Å². The van der Waals surface area contributed by atoms with Crippen molar-refractivity contribution < 1.29 is 9.90 Å². The Morgan fingerprint density at radius 2 is 2.15 bits per heavy atom. The molecule has 0 fully saturated rings. The summed E-state index contributed by atoms with van der Waals surface area (Å²) in [6.07, 6.45) is 4.62. The minimum atomic E-state index is 0.123. The van der Waals surface area contributed by atoms with Crippen LogP contribution in [0.4, 0.5) is 0 Å². The van der Waals surface area contributed by atoms with Crippen LogP contribution in [-0.4, -0.2) is 11.4 Å². The largest absolute Gasteiger partial charge is 0.508 e. The molecule has 0 atom stereocenters. The Kier molecular flexibility index (Phi) is 3.53. The lowest BCUT2D eigenvalue weighted by atomic mass is 10.2. The molecule has 0 bridgehead atoms. The molecular formula is C10H9ClO2. The molecule has 0 aliphatic carbocycles. The Morgan fingerprint density at radius 1 is 1.38 bits per heavy atom. The zero-order valence-corrected chi connectivity index (χ0v) is 7.66. The second-order valence-electron chi connectivity index (χ2n) is 2.55. The van der Waals surface area contributed by atoms with Gasteiger partial charge in [-0.1, -0.05) is 23.8 Å². The highest BCUT2D eigenvalue weighted by Gasteiger charge is 1.94. The summed E-state index contributed by atoms with van der Waals surface area (Å²) in [4.78, 5) is 10.0. The summed E-state index contributed by atoms with van der Waals surface area (Å²) in [5.74, 6) is 0.123. The fraction of sp³-hybridized carbons (Fsp3) is 0.100. The summed E-state index contributed by atoms with van der Waals surface area (Å²) in [5.41, 5.74) is 0.784. The first-order chi connectivity index (χ1) is 6.22. The molecule has 0 saturated heterocycles. The molecule has 68 valence electrons. The van der Waals surface area contributed by atoms with E-state index in [1.807, 2.05) is 0 Å². The summed E-state index contributed by atoms with van der Waals surface area (Å²) in [6.45, 7) is 0. The van der Waals surface area contributed by atoms with E-state index in [0.29, 0.717) is 11.4 Å². The van der Waals surface area contributed by atoms with Crippen LogP contribution in [-0.2, 0) is 4.79 Å². The summed E-state index contributed by atoms with van der Waals surface area (Å²) >= 11 is 5.70. The maximum atomic E-state index is 10.0. The molecule has 0 aliphatic rings. The maximum absolute atomic E-state index is 10.0. The van der Waals surface area contributed by atoms with E-state index in [9.17, 15) is 4.79 Å². The lowest BCUT2D eigenvalue weighted by molar-refractivity contribution is -0.107. The van der Waals surface area contributed by atoms with Crippen molar-refractivity contribution in [3.05, 3.63) is 34.9 Å². The highest BCUT2D eigenvalue weighted by Crippen LogP contribution is 2.20. The molecular weight excluding hydrogens is 188 g/mol. The van der Waals surface area contributed by atoms with E-state index in [1.165, 1.54) is 6.07 Å². The number of hydrogen-bond acceptors (Lipinski definition) is 2. The van der Waals surface area contributed by atoms with Crippen LogP contribution in [0.15, 0.2) is 24.3 Å². The number of hydrogen-bond donors (Lipinski definition) is 1. The van der Waals surface area contributed by atoms with Crippen LogP contribution in [0.5, 0.6) is 5.75 Å². The summed E-state index contributed by atoms with van der Waals surface area (Å²) in [6, 6.07) is 4.74. The van der Waals surface area contributed by atoms with Crippen molar-refractivity contribution >= 4 is 24.0 Å². The molecule has 0 aliphatic heterocycles. The van der Waals surface area contributed by atoms with E-state index in [-0.39, 0.29) is 5.75 Å².